The first-order chi connectivity index (χ1) is 15.5. The highest BCUT2D eigenvalue weighted by Gasteiger charge is 2.21. The second-order valence-corrected chi connectivity index (χ2v) is 9.14. The molecule has 0 bridgehead atoms. The van der Waals surface area contributed by atoms with E-state index in [1.54, 1.807) is 30.5 Å². The van der Waals surface area contributed by atoms with E-state index in [2.05, 4.69) is 44.3 Å². The van der Waals surface area contributed by atoms with E-state index in [4.69, 9.17) is 0 Å². The van der Waals surface area contributed by atoms with Gasteiger partial charge in [-0.25, -0.2) is 19.3 Å². The van der Waals surface area contributed by atoms with Gasteiger partial charge in [0.2, 0.25) is 5.95 Å². The molecule has 0 atom stereocenters. The van der Waals surface area contributed by atoms with Crippen molar-refractivity contribution in [2.45, 2.75) is 46.2 Å². The lowest BCUT2D eigenvalue weighted by atomic mass is 10.0. The fraction of sp³-hybridized carbons (Fsp3) is 0.417. The number of carbonyl (C=O) groups excluding carboxylic acids is 1. The lowest BCUT2D eigenvalue weighted by Gasteiger charge is -2.32. The quantitative estimate of drug-likeness (QED) is 0.532. The Balaban J connectivity index is 1.75. The van der Waals surface area contributed by atoms with E-state index in [1.165, 1.54) is 0 Å². The van der Waals surface area contributed by atoms with Crippen molar-refractivity contribution in [2.75, 3.05) is 26.0 Å². The second kappa shape index (κ2) is 9.66. The highest BCUT2D eigenvalue weighted by molar-refractivity contribution is 5.94. The molecule has 0 aliphatic carbocycles. The number of benzene rings is 1. The number of aryl methyl sites for hydroxylation is 1. The summed E-state index contributed by atoms with van der Waals surface area (Å²) in [6.45, 7) is 10.5. The van der Waals surface area contributed by atoms with Crippen LogP contribution in [0.5, 0.6) is 0 Å². The Morgan fingerprint density at radius 1 is 1.15 bits per heavy atom. The van der Waals surface area contributed by atoms with Crippen molar-refractivity contribution in [1.82, 2.24) is 29.7 Å². The summed E-state index contributed by atoms with van der Waals surface area (Å²) in [4.78, 5) is 27.3. The Morgan fingerprint density at radius 2 is 1.82 bits per heavy atom. The molecule has 2 N–H and O–H groups in total. The summed E-state index contributed by atoms with van der Waals surface area (Å²) in [6.07, 6.45) is 2.77. The molecule has 0 saturated carbocycles. The Bertz CT molecular complexity index is 1120. The van der Waals surface area contributed by atoms with Crippen LogP contribution >= 0.6 is 0 Å². The van der Waals surface area contributed by atoms with Crippen LogP contribution in [-0.2, 0) is 0 Å². The number of nitrogens with one attached hydrogen (secondary N) is 2. The number of rotatable bonds is 8. The molecule has 1 amide bonds. The van der Waals surface area contributed by atoms with Crippen LogP contribution in [0.1, 0.15) is 49.9 Å². The van der Waals surface area contributed by atoms with Gasteiger partial charge in [-0.15, -0.1) is 0 Å². The number of imidazole rings is 1. The number of aromatic nitrogens is 4. The molecule has 33 heavy (non-hydrogen) atoms. The number of hydrogen-bond acceptors (Lipinski definition) is 6. The maximum Gasteiger partial charge on any atom is 0.251 e. The van der Waals surface area contributed by atoms with Crippen LogP contribution in [0.2, 0.25) is 0 Å². The summed E-state index contributed by atoms with van der Waals surface area (Å²) in [7, 11) is 3.96. The van der Waals surface area contributed by atoms with E-state index in [0.717, 1.165) is 12.0 Å². The summed E-state index contributed by atoms with van der Waals surface area (Å²) >= 11 is 0. The highest BCUT2D eigenvalue weighted by Crippen LogP contribution is 2.26. The molecule has 0 aliphatic rings. The molecular weight excluding hydrogens is 421 g/mol. The number of nitrogens with zero attached hydrogens (tertiary/aromatic N) is 5. The zero-order valence-electron chi connectivity index (χ0n) is 20.3. The largest absolute Gasteiger partial charge is 0.350 e. The summed E-state index contributed by atoms with van der Waals surface area (Å²) < 4.78 is 16.5. The second-order valence-electron chi connectivity index (χ2n) is 9.14. The third-order valence-corrected chi connectivity index (χ3v) is 5.78. The zero-order chi connectivity index (χ0) is 24.3. The molecule has 8 nitrogen and oxygen atoms in total. The van der Waals surface area contributed by atoms with Gasteiger partial charge in [0.05, 0.1) is 18.1 Å². The van der Waals surface area contributed by atoms with Gasteiger partial charge in [0.15, 0.2) is 5.82 Å². The number of likely N-dealkylation sites (N-methyl/N-ethyl adjacent to an activating group) is 1. The van der Waals surface area contributed by atoms with Crippen LogP contribution in [0.4, 0.5) is 16.0 Å². The van der Waals surface area contributed by atoms with Gasteiger partial charge in [0.1, 0.15) is 11.5 Å². The number of amides is 1. The number of carbonyl (C=O) groups is 1. The topological polar surface area (TPSA) is 88.0 Å². The van der Waals surface area contributed by atoms with Crippen molar-refractivity contribution < 1.29 is 9.18 Å². The summed E-state index contributed by atoms with van der Waals surface area (Å²) in [5, 5.41) is 6.04. The fourth-order valence-corrected chi connectivity index (χ4v) is 3.28. The molecule has 0 fully saturated rings. The third-order valence-electron chi connectivity index (χ3n) is 5.78. The fourth-order valence-electron chi connectivity index (χ4n) is 3.28. The Morgan fingerprint density at radius 3 is 2.42 bits per heavy atom. The first-order valence-electron chi connectivity index (χ1n) is 10.9. The highest BCUT2D eigenvalue weighted by atomic mass is 19.1. The van der Waals surface area contributed by atoms with E-state index >= 15 is 0 Å². The number of anilines is 2. The van der Waals surface area contributed by atoms with E-state index in [9.17, 15) is 9.18 Å². The van der Waals surface area contributed by atoms with Gasteiger partial charge in [-0.1, -0.05) is 0 Å². The van der Waals surface area contributed by atoms with Crippen molar-refractivity contribution in [3.8, 4) is 11.4 Å². The minimum atomic E-state index is -0.519. The van der Waals surface area contributed by atoms with Gasteiger partial charge in [-0.3, -0.25) is 4.79 Å². The van der Waals surface area contributed by atoms with Crippen molar-refractivity contribution in [1.29, 1.82) is 0 Å². The van der Waals surface area contributed by atoms with Gasteiger partial charge < -0.3 is 20.1 Å². The van der Waals surface area contributed by atoms with Crippen LogP contribution in [0.15, 0.2) is 36.7 Å². The van der Waals surface area contributed by atoms with Crippen LogP contribution in [0.3, 0.4) is 0 Å². The van der Waals surface area contributed by atoms with Crippen LogP contribution in [0.25, 0.3) is 11.4 Å². The third kappa shape index (κ3) is 5.54. The zero-order valence-corrected chi connectivity index (χ0v) is 20.3. The first-order valence-corrected chi connectivity index (χ1v) is 10.9. The maximum absolute atomic E-state index is 14.6. The molecular formula is C24H32FN7O. The minimum absolute atomic E-state index is 0.107. The number of halogens is 1. The standard InChI is InChI=1S/C24H32FN7O/c1-15(2)32-16(3)26-13-20(32)21-19(25)12-27-23(30-21)29-18-10-8-17(9-11-18)22(33)28-14-24(4,5)31(6)7/h8-13,15H,14H2,1-7H3,(H,28,33)(H,27,29,30). The van der Waals surface area contributed by atoms with Gasteiger partial charge in [0.25, 0.3) is 5.91 Å². The van der Waals surface area contributed by atoms with Crippen molar-refractivity contribution >= 4 is 17.5 Å². The molecule has 2 aromatic heterocycles. The molecule has 2 heterocycles. The minimum Gasteiger partial charge on any atom is -0.350 e. The Hall–Kier alpha value is -3.33. The Labute approximate surface area is 194 Å². The summed E-state index contributed by atoms with van der Waals surface area (Å²) in [5.41, 5.74) is 1.86. The molecule has 0 spiro atoms. The van der Waals surface area contributed by atoms with Crippen LogP contribution in [0, 0.1) is 12.7 Å². The van der Waals surface area contributed by atoms with Crippen LogP contribution in [-0.4, -0.2) is 56.5 Å². The van der Waals surface area contributed by atoms with Crippen molar-refractivity contribution in [2.24, 2.45) is 0 Å². The molecule has 0 unspecified atom stereocenters. The molecule has 0 saturated heterocycles. The normalized spacial score (nSPS) is 11.8. The van der Waals surface area contributed by atoms with Gasteiger partial charge in [-0.2, -0.15) is 0 Å². The number of hydrogen-bond donors (Lipinski definition) is 2. The predicted molar refractivity (Wildman–Crippen MR) is 128 cm³/mol. The monoisotopic (exact) mass is 453 g/mol. The van der Waals surface area contributed by atoms with E-state index in [1.807, 2.05) is 39.4 Å². The molecule has 1 aromatic carbocycles. The first kappa shape index (κ1) is 24.3. The smallest absolute Gasteiger partial charge is 0.251 e. The average Bonchev–Trinajstić information content (AvgIpc) is 3.15. The van der Waals surface area contributed by atoms with Gasteiger partial charge in [0, 0.05) is 29.4 Å². The summed E-state index contributed by atoms with van der Waals surface area (Å²) in [5.74, 6) is 0.380. The van der Waals surface area contributed by atoms with Gasteiger partial charge in [-0.05, 0) is 73.0 Å². The van der Waals surface area contributed by atoms with E-state index < -0.39 is 5.82 Å². The molecule has 0 radical (unpaired) electrons. The SMILES string of the molecule is Cc1ncc(-c2nc(Nc3ccc(C(=O)NCC(C)(C)N(C)C)cc3)ncc2F)n1C(C)C. The predicted octanol–water partition coefficient (Wildman–Crippen LogP) is 4.18. The molecule has 3 rings (SSSR count). The lowest BCUT2D eigenvalue weighted by molar-refractivity contribution is 0.0919. The molecule has 9 heteroatoms. The molecule has 3 aromatic rings. The van der Waals surface area contributed by atoms with Crippen molar-refractivity contribution in [3.05, 3.63) is 53.9 Å². The molecule has 0 aliphatic heterocycles. The van der Waals surface area contributed by atoms with E-state index in [0.29, 0.717) is 23.5 Å². The van der Waals surface area contributed by atoms with Gasteiger partial charge >= 0.3 is 0 Å². The van der Waals surface area contributed by atoms with Crippen molar-refractivity contribution in [3.63, 3.8) is 0 Å². The van der Waals surface area contributed by atoms with Crippen LogP contribution < -0.4 is 10.6 Å². The molecule has 176 valence electrons. The average molecular weight is 454 g/mol. The lowest BCUT2D eigenvalue weighted by Crippen LogP contribution is -2.48. The Kier molecular flexibility index (Phi) is 7.12. The maximum atomic E-state index is 14.6. The summed E-state index contributed by atoms with van der Waals surface area (Å²) in [6, 6.07) is 7.08. The van der Waals surface area contributed by atoms with E-state index in [-0.39, 0.29) is 29.1 Å².